The number of hydrogen-bond donors (Lipinski definition) is 1. The third kappa shape index (κ3) is 3.57. The lowest BCUT2D eigenvalue weighted by atomic mass is 9.95. The first-order valence-corrected chi connectivity index (χ1v) is 9.50. The molecule has 1 aliphatic heterocycles. The molecule has 3 aromatic carbocycles. The summed E-state index contributed by atoms with van der Waals surface area (Å²) in [6, 6.07) is 25.5. The van der Waals surface area contributed by atoms with E-state index in [4.69, 9.17) is 0 Å². The van der Waals surface area contributed by atoms with Crippen LogP contribution in [-0.2, 0) is 16.1 Å². The third-order valence-corrected chi connectivity index (χ3v) is 5.18. The summed E-state index contributed by atoms with van der Waals surface area (Å²) in [6.07, 6.45) is 0. The Labute approximate surface area is 169 Å². The summed E-state index contributed by atoms with van der Waals surface area (Å²) in [7, 11) is 0. The van der Waals surface area contributed by atoms with Crippen molar-refractivity contribution in [1.29, 1.82) is 0 Å². The molecule has 0 aromatic heterocycles. The Morgan fingerprint density at radius 2 is 1.45 bits per heavy atom. The highest BCUT2D eigenvalue weighted by Gasteiger charge is 2.45. The lowest BCUT2D eigenvalue weighted by molar-refractivity contribution is -0.140. The minimum atomic E-state index is -0.659. The summed E-state index contributed by atoms with van der Waals surface area (Å²) in [5, 5.41) is 11.0. The van der Waals surface area contributed by atoms with Crippen molar-refractivity contribution in [2.24, 2.45) is 0 Å². The number of ketones is 1. The van der Waals surface area contributed by atoms with Crippen LogP contribution in [0.4, 0.5) is 0 Å². The molecule has 1 heterocycles. The average Bonchev–Trinajstić information content (AvgIpc) is 3.00. The van der Waals surface area contributed by atoms with Gasteiger partial charge in [-0.1, -0.05) is 90.5 Å². The highest BCUT2D eigenvalue weighted by molar-refractivity contribution is 6.46. The molecule has 1 aliphatic rings. The van der Waals surface area contributed by atoms with E-state index in [0.717, 1.165) is 16.7 Å². The van der Waals surface area contributed by atoms with Crippen molar-refractivity contribution in [3.63, 3.8) is 0 Å². The van der Waals surface area contributed by atoms with E-state index in [1.165, 1.54) is 4.90 Å². The minimum Gasteiger partial charge on any atom is -0.507 e. The summed E-state index contributed by atoms with van der Waals surface area (Å²) < 4.78 is 0. The largest absolute Gasteiger partial charge is 0.507 e. The van der Waals surface area contributed by atoms with Gasteiger partial charge in [0.25, 0.3) is 11.7 Å². The normalized spacial score (nSPS) is 18.2. The van der Waals surface area contributed by atoms with Gasteiger partial charge in [0.15, 0.2) is 0 Å². The monoisotopic (exact) mass is 383 g/mol. The lowest BCUT2D eigenvalue weighted by Crippen LogP contribution is -2.29. The van der Waals surface area contributed by atoms with Crippen molar-refractivity contribution in [3.05, 3.63) is 113 Å². The molecule has 4 nitrogen and oxygen atoms in total. The number of carbonyl (C=O) groups excluding carboxylic acids is 2. The Morgan fingerprint density at radius 1 is 0.862 bits per heavy atom. The first-order valence-electron chi connectivity index (χ1n) is 9.50. The van der Waals surface area contributed by atoms with Gasteiger partial charge in [0.2, 0.25) is 0 Å². The summed E-state index contributed by atoms with van der Waals surface area (Å²) in [4.78, 5) is 27.4. The number of likely N-dealkylation sites (tertiary alicyclic amines) is 1. The van der Waals surface area contributed by atoms with Crippen LogP contribution >= 0.6 is 0 Å². The molecule has 1 saturated heterocycles. The standard InChI is InChI=1S/C25H21NO3/c1-17-12-14-20(15-13-17)23(27)21-22(19-10-6-3-7-11-19)26(25(29)24(21)28)16-18-8-4-2-5-9-18/h2-15,22,27H,16H2,1H3. The SMILES string of the molecule is Cc1ccc(C(O)=C2C(=O)C(=O)N(Cc3ccccc3)C2c2ccccc2)cc1. The lowest BCUT2D eigenvalue weighted by Gasteiger charge is -2.25. The second-order valence-corrected chi connectivity index (χ2v) is 7.19. The highest BCUT2D eigenvalue weighted by atomic mass is 16.3. The van der Waals surface area contributed by atoms with E-state index in [0.29, 0.717) is 5.56 Å². The van der Waals surface area contributed by atoms with Crippen LogP contribution in [0.1, 0.15) is 28.3 Å². The second-order valence-electron chi connectivity index (χ2n) is 7.19. The number of Topliss-reactive ketones (excluding diaryl/α,β-unsaturated/α-hetero) is 1. The molecule has 4 heteroatoms. The Balaban J connectivity index is 1.85. The van der Waals surface area contributed by atoms with Crippen LogP contribution in [0.5, 0.6) is 0 Å². The number of hydrogen-bond acceptors (Lipinski definition) is 3. The van der Waals surface area contributed by atoms with Crippen LogP contribution in [0.15, 0.2) is 90.5 Å². The van der Waals surface area contributed by atoms with Crippen molar-refractivity contribution < 1.29 is 14.7 Å². The number of rotatable bonds is 4. The van der Waals surface area contributed by atoms with Gasteiger partial charge >= 0.3 is 0 Å². The van der Waals surface area contributed by atoms with Crippen LogP contribution in [0.2, 0.25) is 0 Å². The van der Waals surface area contributed by atoms with E-state index in [2.05, 4.69) is 0 Å². The van der Waals surface area contributed by atoms with Gasteiger partial charge < -0.3 is 10.0 Å². The molecule has 1 atom stereocenters. The molecule has 0 bridgehead atoms. The smallest absolute Gasteiger partial charge is 0.295 e. The Bertz CT molecular complexity index is 1070. The van der Waals surface area contributed by atoms with Gasteiger partial charge in [-0.15, -0.1) is 0 Å². The van der Waals surface area contributed by atoms with Gasteiger partial charge in [-0.05, 0) is 18.1 Å². The van der Waals surface area contributed by atoms with Crippen molar-refractivity contribution >= 4 is 17.4 Å². The fraction of sp³-hybridized carbons (Fsp3) is 0.120. The number of amides is 1. The Morgan fingerprint density at radius 3 is 2.07 bits per heavy atom. The second kappa shape index (κ2) is 7.76. The summed E-state index contributed by atoms with van der Waals surface area (Å²) in [6.45, 7) is 2.24. The molecule has 0 spiro atoms. The molecular weight excluding hydrogens is 362 g/mol. The molecule has 4 rings (SSSR count). The van der Waals surface area contributed by atoms with Crippen molar-refractivity contribution in [1.82, 2.24) is 4.90 Å². The maximum atomic E-state index is 13.0. The van der Waals surface area contributed by atoms with Crippen LogP contribution < -0.4 is 0 Å². The molecule has 0 saturated carbocycles. The van der Waals surface area contributed by atoms with E-state index < -0.39 is 17.7 Å². The average molecular weight is 383 g/mol. The van der Waals surface area contributed by atoms with Crippen molar-refractivity contribution in [2.45, 2.75) is 19.5 Å². The summed E-state index contributed by atoms with van der Waals surface area (Å²) in [5.41, 5.74) is 3.41. The number of aliphatic hydroxyl groups is 1. The highest BCUT2D eigenvalue weighted by Crippen LogP contribution is 2.40. The number of aliphatic hydroxyl groups excluding tert-OH is 1. The zero-order valence-corrected chi connectivity index (χ0v) is 16.1. The predicted molar refractivity (Wildman–Crippen MR) is 112 cm³/mol. The Hall–Kier alpha value is -3.66. The van der Waals surface area contributed by atoms with Crippen LogP contribution in [-0.4, -0.2) is 21.7 Å². The van der Waals surface area contributed by atoms with E-state index >= 15 is 0 Å². The quantitative estimate of drug-likeness (QED) is 0.406. The minimum absolute atomic E-state index is 0.126. The van der Waals surface area contributed by atoms with Crippen LogP contribution in [0.25, 0.3) is 5.76 Å². The van der Waals surface area contributed by atoms with Crippen LogP contribution in [0, 0.1) is 6.92 Å². The van der Waals surface area contributed by atoms with Gasteiger partial charge in [0.1, 0.15) is 5.76 Å². The predicted octanol–water partition coefficient (Wildman–Crippen LogP) is 4.62. The van der Waals surface area contributed by atoms with Gasteiger partial charge in [-0.3, -0.25) is 9.59 Å². The molecule has 1 amide bonds. The van der Waals surface area contributed by atoms with Gasteiger partial charge in [-0.2, -0.15) is 0 Å². The van der Waals surface area contributed by atoms with E-state index in [9.17, 15) is 14.7 Å². The van der Waals surface area contributed by atoms with E-state index in [1.54, 1.807) is 12.1 Å². The number of carbonyl (C=O) groups is 2. The van der Waals surface area contributed by atoms with Gasteiger partial charge in [0.05, 0.1) is 11.6 Å². The molecular formula is C25H21NO3. The third-order valence-electron chi connectivity index (χ3n) is 5.18. The fourth-order valence-corrected chi connectivity index (χ4v) is 3.67. The topological polar surface area (TPSA) is 57.6 Å². The molecule has 0 radical (unpaired) electrons. The van der Waals surface area contributed by atoms with Gasteiger partial charge in [0, 0.05) is 12.1 Å². The van der Waals surface area contributed by atoms with E-state index in [-0.39, 0.29) is 17.9 Å². The molecule has 0 aliphatic carbocycles. The van der Waals surface area contributed by atoms with Crippen molar-refractivity contribution in [3.8, 4) is 0 Å². The number of benzene rings is 3. The maximum absolute atomic E-state index is 13.0. The first kappa shape index (κ1) is 18.7. The van der Waals surface area contributed by atoms with Gasteiger partial charge in [-0.25, -0.2) is 0 Å². The molecule has 1 N–H and O–H groups in total. The molecule has 1 fully saturated rings. The summed E-state index contributed by atoms with van der Waals surface area (Å²) >= 11 is 0. The number of nitrogens with zero attached hydrogens (tertiary/aromatic N) is 1. The zero-order chi connectivity index (χ0) is 20.4. The zero-order valence-electron chi connectivity index (χ0n) is 16.1. The molecule has 3 aromatic rings. The number of aryl methyl sites for hydroxylation is 1. The molecule has 29 heavy (non-hydrogen) atoms. The van der Waals surface area contributed by atoms with Crippen molar-refractivity contribution in [2.75, 3.05) is 0 Å². The molecule has 144 valence electrons. The fourth-order valence-electron chi connectivity index (χ4n) is 3.67. The maximum Gasteiger partial charge on any atom is 0.295 e. The van der Waals surface area contributed by atoms with E-state index in [1.807, 2.05) is 79.7 Å². The Kier molecular flexibility index (Phi) is 5.00. The molecule has 1 unspecified atom stereocenters. The summed E-state index contributed by atoms with van der Waals surface area (Å²) in [5.74, 6) is -1.41. The van der Waals surface area contributed by atoms with Crippen LogP contribution in [0.3, 0.4) is 0 Å². The first-order chi connectivity index (χ1) is 14.1.